The highest BCUT2D eigenvalue weighted by Gasteiger charge is 2.32. The number of hydrogen-bond donors (Lipinski definition) is 2. The third kappa shape index (κ3) is 8.24. The summed E-state index contributed by atoms with van der Waals surface area (Å²) in [5, 5.41) is 14.0. The molecule has 9 heteroatoms. The molecule has 0 saturated carbocycles. The van der Waals surface area contributed by atoms with E-state index in [2.05, 4.69) is 5.32 Å². The SMILES string of the molecule is Cc1ccc(S(=O)(=O)N(CC(C)C)CC(O)C(Cc2ccccc2)NC(=O)OC2CCSC2)cc1. The summed E-state index contributed by atoms with van der Waals surface area (Å²) in [5.74, 6) is 1.76. The maximum absolute atomic E-state index is 13.4. The van der Waals surface area contributed by atoms with E-state index in [0.717, 1.165) is 29.1 Å². The van der Waals surface area contributed by atoms with Crippen molar-refractivity contribution < 1.29 is 23.1 Å². The van der Waals surface area contributed by atoms with Crippen molar-refractivity contribution in [2.75, 3.05) is 24.6 Å². The van der Waals surface area contributed by atoms with Crippen LogP contribution in [0.1, 0.15) is 31.4 Å². The molecular formula is C26H36N2O5S2. The van der Waals surface area contributed by atoms with Gasteiger partial charge in [0.1, 0.15) is 6.10 Å². The Morgan fingerprint density at radius 2 is 1.83 bits per heavy atom. The molecule has 0 aliphatic carbocycles. The number of hydrogen-bond acceptors (Lipinski definition) is 6. The van der Waals surface area contributed by atoms with Crippen molar-refractivity contribution in [1.29, 1.82) is 0 Å². The number of sulfonamides is 1. The first kappa shape index (κ1) is 27.5. The molecule has 0 spiro atoms. The van der Waals surface area contributed by atoms with Crippen LogP contribution in [0.25, 0.3) is 0 Å². The molecule has 3 rings (SSSR count). The van der Waals surface area contributed by atoms with Gasteiger partial charge >= 0.3 is 6.09 Å². The van der Waals surface area contributed by atoms with E-state index in [1.165, 1.54) is 4.31 Å². The fourth-order valence-electron chi connectivity index (χ4n) is 3.97. The summed E-state index contributed by atoms with van der Waals surface area (Å²) in [6.45, 7) is 5.86. The molecule has 0 radical (unpaired) electrons. The number of rotatable bonds is 11. The number of carbonyl (C=O) groups excluding carboxylic acids is 1. The summed E-state index contributed by atoms with van der Waals surface area (Å²) in [4.78, 5) is 12.8. The number of carbonyl (C=O) groups is 1. The van der Waals surface area contributed by atoms with E-state index in [1.807, 2.05) is 51.1 Å². The van der Waals surface area contributed by atoms with Crippen LogP contribution >= 0.6 is 11.8 Å². The number of aliphatic hydroxyl groups is 1. The van der Waals surface area contributed by atoms with Crippen LogP contribution in [-0.4, -0.2) is 66.8 Å². The maximum atomic E-state index is 13.4. The van der Waals surface area contributed by atoms with Crippen LogP contribution in [0.4, 0.5) is 4.79 Å². The van der Waals surface area contributed by atoms with Crippen LogP contribution in [0.2, 0.25) is 0 Å². The molecule has 7 nitrogen and oxygen atoms in total. The van der Waals surface area contributed by atoms with Crippen molar-refractivity contribution in [3.05, 3.63) is 65.7 Å². The normalized spacial score (nSPS) is 17.9. The lowest BCUT2D eigenvalue weighted by Crippen LogP contribution is -2.51. The zero-order valence-corrected chi connectivity index (χ0v) is 22.2. The number of amides is 1. The quantitative estimate of drug-likeness (QED) is 0.467. The summed E-state index contributed by atoms with van der Waals surface area (Å²) in [6, 6.07) is 15.5. The minimum Gasteiger partial charge on any atom is -0.445 e. The second-order valence-electron chi connectivity index (χ2n) is 9.43. The molecule has 1 fully saturated rings. The van der Waals surface area contributed by atoms with Crippen molar-refractivity contribution in [2.45, 2.75) is 56.8 Å². The van der Waals surface area contributed by atoms with E-state index in [1.54, 1.807) is 36.0 Å². The van der Waals surface area contributed by atoms with E-state index in [9.17, 15) is 18.3 Å². The zero-order chi connectivity index (χ0) is 25.4. The summed E-state index contributed by atoms with van der Waals surface area (Å²) >= 11 is 1.74. The lowest BCUT2D eigenvalue weighted by atomic mass is 10.0. The average molecular weight is 521 g/mol. The molecule has 2 N–H and O–H groups in total. The molecule has 1 aliphatic rings. The van der Waals surface area contributed by atoms with Crippen molar-refractivity contribution in [3.8, 4) is 0 Å². The van der Waals surface area contributed by atoms with Gasteiger partial charge in [0.25, 0.3) is 0 Å². The van der Waals surface area contributed by atoms with Gasteiger partial charge in [-0.25, -0.2) is 13.2 Å². The minimum absolute atomic E-state index is 0.0489. The summed E-state index contributed by atoms with van der Waals surface area (Å²) in [7, 11) is -3.83. The van der Waals surface area contributed by atoms with Gasteiger partial charge in [0.2, 0.25) is 10.0 Å². The second-order valence-corrected chi connectivity index (χ2v) is 12.5. The van der Waals surface area contributed by atoms with Crippen LogP contribution in [0.15, 0.2) is 59.5 Å². The molecule has 0 aromatic heterocycles. The van der Waals surface area contributed by atoms with E-state index < -0.39 is 28.3 Å². The van der Waals surface area contributed by atoms with Crippen LogP contribution < -0.4 is 5.32 Å². The zero-order valence-electron chi connectivity index (χ0n) is 20.6. The Labute approximate surface area is 213 Å². The number of thioether (sulfide) groups is 1. The summed E-state index contributed by atoms with van der Waals surface area (Å²) in [5.41, 5.74) is 1.88. The van der Waals surface area contributed by atoms with Gasteiger partial charge in [-0.2, -0.15) is 16.1 Å². The standard InChI is InChI=1S/C26H36N2O5S2/c1-19(2)16-28(35(31,32)23-11-9-20(3)10-12-23)17-25(29)24(15-21-7-5-4-6-8-21)27-26(30)33-22-13-14-34-18-22/h4-12,19,22,24-25,29H,13-18H2,1-3H3,(H,27,30). The van der Waals surface area contributed by atoms with Crippen molar-refractivity contribution >= 4 is 27.9 Å². The number of alkyl carbamates (subject to hydrolysis) is 1. The van der Waals surface area contributed by atoms with E-state index >= 15 is 0 Å². The first-order valence-corrected chi connectivity index (χ1v) is 14.6. The third-order valence-electron chi connectivity index (χ3n) is 5.85. The van der Waals surface area contributed by atoms with E-state index in [0.29, 0.717) is 6.42 Å². The first-order valence-electron chi connectivity index (χ1n) is 12.0. The Bertz CT molecular complexity index is 1040. The van der Waals surface area contributed by atoms with Gasteiger partial charge in [-0.3, -0.25) is 0 Å². The molecule has 0 bridgehead atoms. The van der Waals surface area contributed by atoms with Crippen molar-refractivity contribution in [2.24, 2.45) is 5.92 Å². The Morgan fingerprint density at radius 1 is 1.14 bits per heavy atom. The van der Waals surface area contributed by atoms with Crippen LogP contribution in [0, 0.1) is 12.8 Å². The number of nitrogens with one attached hydrogen (secondary N) is 1. The molecule has 3 atom stereocenters. The second kappa shape index (κ2) is 12.8. The van der Waals surface area contributed by atoms with Gasteiger partial charge in [0.15, 0.2) is 0 Å². The van der Waals surface area contributed by atoms with Crippen LogP contribution in [0.3, 0.4) is 0 Å². The Balaban J connectivity index is 1.80. The topological polar surface area (TPSA) is 95.9 Å². The predicted octanol–water partition coefficient (Wildman–Crippen LogP) is 3.85. The molecule has 2 aromatic carbocycles. The first-order chi connectivity index (χ1) is 16.6. The molecule has 2 aromatic rings. The largest absolute Gasteiger partial charge is 0.445 e. The number of nitrogens with zero attached hydrogens (tertiary/aromatic N) is 1. The molecule has 1 aliphatic heterocycles. The average Bonchev–Trinajstić information content (AvgIpc) is 3.31. The molecule has 1 amide bonds. The number of benzene rings is 2. The monoisotopic (exact) mass is 520 g/mol. The lowest BCUT2D eigenvalue weighted by molar-refractivity contribution is 0.0769. The van der Waals surface area contributed by atoms with Gasteiger partial charge in [-0.1, -0.05) is 61.9 Å². The lowest BCUT2D eigenvalue weighted by Gasteiger charge is -2.30. The summed E-state index contributed by atoms with van der Waals surface area (Å²) in [6.07, 6.45) is -0.722. The number of aryl methyl sites for hydroxylation is 1. The summed E-state index contributed by atoms with van der Waals surface area (Å²) < 4.78 is 33.7. The fourth-order valence-corrected chi connectivity index (χ4v) is 6.68. The Hall–Kier alpha value is -2.07. The van der Waals surface area contributed by atoms with E-state index in [-0.39, 0.29) is 30.0 Å². The van der Waals surface area contributed by atoms with Crippen molar-refractivity contribution in [1.82, 2.24) is 9.62 Å². The van der Waals surface area contributed by atoms with Crippen molar-refractivity contribution in [3.63, 3.8) is 0 Å². The predicted molar refractivity (Wildman–Crippen MR) is 140 cm³/mol. The minimum atomic E-state index is -3.83. The highest BCUT2D eigenvalue weighted by atomic mass is 32.2. The number of aliphatic hydroxyl groups excluding tert-OH is 1. The van der Waals surface area contributed by atoms with Crippen LogP contribution in [0.5, 0.6) is 0 Å². The van der Waals surface area contributed by atoms with E-state index in [4.69, 9.17) is 4.74 Å². The van der Waals surface area contributed by atoms with Gasteiger partial charge in [-0.05, 0) is 49.1 Å². The maximum Gasteiger partial charge on any atom is 0.407 e. The van der Waals surface area contributed by atoms with Gasteiger partial charge < -0.3 is 15.2 Å². The van der Waals surface area contributed by atoms with Gasteiger partial charge in [0, 0.05) is 18.8 Å². The molecule has 35 heavy (non-hydrogen) atoms. The molecular weight excluding hydrogens is 484 g/mol. The van der Waals surface area contributed by atoms with Crippen LogP contribution in [-0.2, 0) is 21.2 Å². The van der Waals surface area contributed by atoms with Gasteiger partial charge in [0.05, 0.1) is 17.0 Å². The highest BCUT2D eigenvalue weighted by molar-refractivity contribution is 7.99. The third-order valence-corrected chi connectivity index (χ3v) is 8.82. The Kier molecular flexibility index (Phi) is 10.0. The Morgan fingerprint density at radius 3 is 2.43 bits per heavy atom. The molecule has 192 valence electrons. The fraction of sp³-hybridized carbons (Fsp3) is 0.500. The van der Waals surface area contributed by atoms with Gasteiger partial charge in [-0.15, -0.1) is 0 Å². The highest BCUT2D eigenvalue weighted by Crippen LogP contribution is 2.21. The molecule has 1 saturated heterocycles. The molecule has 3 unspecified atom stereocenters. The smallest absolute Gasteiger partial charge is 0.407 e. The molecule has 1 heterocycles. The number of ether oxygens (including phenoxy) is 1.